The Morgan fingerprint density at radius 2 is 2.40 bits per heavy atom. The van der Waals surface area contributed by atoms with Gasteiger partial charge in [0.15, 0.2) is 0 Å². The van der Waals surface area contributed by atoms with Crippen molar-refractivity contribution in [2.24, 2.45) is 0 Å². The van der Waals surface area contributed by atoms with E-state index in [0.29, 0.717) is 5.92 Å². The van der Waals surface area contributed by atoms with Gasteiger partial charge in [0.1, 0.15) is 0 Å². The van der Waals surface area contributed by atoms with Gasteiger partial charge in [0.2, 0.25) is 0 Å². The quantitative estimate of drug-likeness (QED) is 0.741. The third kappa shape index (κ3) is 1.63. The molecule has 2 N–H and O–H groups in total. The summed E-state index contributed by atoms with van der Waals surface area (Å²) < 4.78 is 0. The summed E-state index contributed by atoms with van der Waals surface area (Å²) in [5, 5.41) is 4.71. The summed E-state index contributed by atoms with van der Waals surface area (Å²) in [7, 11) is 0. The van der Waals surface area contributed by atoms with Crippen LogP contribution in [-0.2, 0) is 0 Å². The SMILES string of the molecule is c1cc2cc(C3CCCNC3)[nH]c2cn1. The first-order valence-corrected chi connectivity index (χ1v) is 5.57. The van der Waals surface area contributed by atoms with Gasteiger partial charge in [0.05, 0.1) is 11.7 Å². The zero-order valence-electron chi connectivity index (χ0n) is 8.66. The fourth-order valence-electron chi connectivity index (χ4n) is 2.33. The summed E-state index contributed by atoms with van der Waals surface area (Å²) in [4.78, 5) is 7.59. The van der Waals surface area contributed by atoms with Gasteiger partial charge < -0.3 is 10.3 Å². The standard InChI is InChI=1S/C12H15N3/c1-2-10(7-13-4-1)11-6-9-3-5-14-8-12(9)15-11/h3,5-6,8,10,13,15H,1-2,4,7H2. The monoisotopic (exact) mass is 201 g/mol. The molecule has 2 aromatic rings. The number of nitrogens with one attached hydrogen (secondary N) is 2. The van der Waals surface area contributed by atoms with Crippen LogP contribution in [-0.4, -0.2) is 23.1 Å². The minimum Gasteiger partial charge on any atom is -0.357 e. The number of hydrogen-bond donors (Lipinski definition) is 2. The normalized spacial score (nSPS) is 22.0. The van der Waals surface area contributed by atoms with Crippen LogP contribution < -0.4 is 5.32 Å². The van der Waals surface area contributed by atoms with E-state index in [1.165, 1.54) is 23.9 Å². The van der Waals surface area contributed by atoms with Crippen LogP contribution in [0.4, 0.5) is 0 Å². The van der Waals surface area contributed by atoms with E-state index in [1.807, 2.05) is 12.4 Å². The van der Waals surface area contributed by atoms with Crippen LogP contribution >= 0.6 is 0 Å². The summed E-state index contributed by atoms with van der Waals surface area (Å²) >= 11 is 0. The molecule has 1 unspecified atom stereocenters. The Morgan fingerprint density at radius 1 is 1.40 bits per heavy atom. The van der Waals surface area contributed by atoms with E-state index in [-0.39, 0.29) is 0 Å². The van der Waals surface area contributed by atoms with Crippen LogP contribution in [0.15, 0.2) is 24.5 Å². The minimum absolute atomic E-state index is 0.645. The second kappa shape index (κ2) is 3.66. The molecule has 3 heterocycles. The molecule has 3 nitrogen and oxygen atoms in total. The highest BCUT2D eigenvalue weighted by atomic mass is 14.9. The van der Waals surface area contributed by atoms with Crippen LogP contribution in [0.2, 0.25) is 0 Å². The highest BCUT2D eigenvalue weighted by molar-refractivity contribution is 5.79. The number of piperidine rings is 1. The number of hydrogen-bond acceptors (Lipinski definition) is 2. The van der Waals surface area contributed by atoms with E-state index >= 15 is 0 Å². The summed E-state index contributed by atoms with van der Waals surface area (Å²) in [6.45, 7) is 2.26. The van der Waals surface area contributed by atoms with Crippen molar-refractivity contribution in [3.05, 3.63) is 30.2 Å². The van der Waals surface area contributed by atoms with Gasteiger partial charge in [0, 0.05) is 29.7 Å². The summed E-state index contributed by atoms with van der Waals surface area (Å²) in [6, 6.07) is 4.32. The van der Waals surface area contributed by atoms with E-state index in [0.717, 1.165) is 18.6 Å². The second-order valence-corrected chi connectivity index (χ2v) is 4.23. The van der Waals surface area contributed by atoms with E-state index in [2.05, 4.69) is 27.4 Å². The highest BCUT2D eigenvalue weighted by Gasteiger charge is 2.16. The third-order valence-electron chi connectivity index (χ3n) is 3.18. The van der Waals surface area contributed by atoms with Crippen LogP contribution in [0.3, 0.4) is 0 Å². The number of aromatic nitrogens is 2. The molecule has 0 spiro atoms. The van der Waals surface area contributed by atoms with Gasteiger partial charge in [0.25, 0.3) is 0 Å². The van der Waals surface area contributed by atoms with Crippen molar-refractivity contribution in [3.63, 3.8) is 0 Å². The molecule has 1 fully saturated rings. The molecule has 1 saturated heterocycles. The zero-order valence-corrected chi connectivity index (χ0v) is 8.66. The molecule has 2 aromatic heterocycles. The van der Waals surface area contributed by atoms with Crippen molar-refractivity contribution in [1.29, 1.82) is 0 Å². The molecule has 3 rings (SSSR count). The molecule has 1 aliphatic rings. The maximum absolute atomic E-state index is 4.12. The molecule has 78 valence electrons. The maximum atomic E-state index is 4.12. The topological polar surface area (TPSA) is 40.7 Å². The number of nitrogens with zero attached hydrogens (tertiary/aromatic N) is 1. The van der Waals surface area contributed by atoms with Gasteiger partial charge in [-0.3, -0.25) is 4.98 Å². The van der Waals surface area contributed by atoms with E-state index in [9.17, 15) is 0 Å². The number of rotatable bonds is 1. The first-order chi connectivity index (χ1) is 7.43. The van der Waals surface area contributed by atoms with Crippen LogP contribution in [0.1, 0.15) is 24.5 Å². The molecule has 0 aromatic carbocycles. The molecule has 0 aliphatic carbocycles. The molecule has 1 atom stereocenters. The fourth-order valence-corrected chi connectivity index (χ4v) is 2.33. The van der Waals surface area contributed by atoms with Crippen LogP contribution in [0, 0.1) is 0 Å². The van der Waals surface area contributed by atoms with Crippen molar-refractivity contribution < 1.29 is 0 Å². The third-order valence-corrected chi connectivity index (χ3v) is 3.18. The Hall–Kier alpha value is -1.35. The minimum atomic E-state index is 0.645. The van der Waals surface area contributed by atoms with E-state index < -0.39 is 0 Å². The smallest absolute Gasteiger partial charge is 0.0642 e. The van der Waals surface area contributed by atoms with Gasteiger partial charge >= 0.3 is 0 Å². The van der Waals surface area contributed by atoms with Crippen molar-refractivity contribution in [2.45, 2.75) is 18.8 Å². The highest BCUT2D eigenvalue weighted by Crippen LogP contribution is 2.25. The van der Waals surface area contributed by atoms with Gasteiger partial charge in [-0.1, -0.05) is 0 Å². The largest absolute Gasteiger partial charge is 0.357 e. The second-order valence-electron chi connectivity index (χ2n) is 4.23. The number of fused-ring (bicyclic) bond motifs is 1. The predicted molar refractivity (Wildman–Crippen MR) is 60.9 cm³/mol. The summed E-state index contributed by atoms with van der Waals surface area (Å²) in [6.07, 6.45) is 6.31. The number of H-pyrrole nitrogens is 1. The predicted octanol–water partition coefficient (Wildman–Crippen LogP) is 2.03. The Labute approximate surface area is 88.9 Å². The Kier molecular flexibility index (Phi) is 2.18. The fraction of sp³-hybridized carbons (Fsp3) is 0.417. The zero-order chi connectivity index (χ0) is 10.1. The molecule has 0 saturated carbocycles. The average Bonchev–Trinajstić information content (AvgIpc) is 2.74. The van der Waals surface area contributed by atoms with Crippen molar-refractivity contribution in [3.8, 4) is 0 Å². The van der Waals surface area contributed by atoms with Crippen LogP contribution in [0.25, 0.3) is 10.9 Å². The maximum Gasteiger partial charge on any atom is 0.0642 e. The summed E-state index contributed by atoms with van der Waals surface area (Å²) in [5.41, 5.74) is 2.50. The van der Waals surface area contributed by atoms with Crippen molar-refractivity contribution >= 4 is 10.9 Å². The number of aromatic amines is 1. The van der Waals surface area contributed by atoms with E-state index in [1.54, 1.807) is 0 Å². The van der Waals surface area contributed by atoms with Gasteiger partial charge in [-0.15, -0.1) is 0 Å². The lowest BCUT2D eigenvalue weighted by Crippen LogP contribution is -2.28. The molecular formula is C12H15N3. The molecule has 0 amide bonds. The lowest BCUT2D eigenvalue weighted by atomic mass is 9.96. The molecule has 15 heavy (non-hydrogen) atoms. The van der Waals surface area contributed by atoms with Gasteiger partial charge in [-0.25, -0.2) is 0 Å². The summed E-state index contributed by atoms with van der Waals surface area (Å²) in [5.74, 6) is 0.645. The molecule has 1 aliphatic heterocycles. The van der Waals surface area contributed by atoms with Gasteiger partial charge in [-0.2, -0.15) is 0 Å². The lowest BCUT2D eigenvalue weighted by molar-refractivity contribution is 0.456. The van der Waals surface area contributed by atoms with Crippen LogP contribution in [0.5, 0.6) is 0 Å². The Morgan fingerprint density at radius 3 is 3.20 bits per heavy atom. The molecule has 0 radical (unpaired) electrons. The first kappa shape index (κ1) is 8.92. The number of pyridine rings is 1. The van der Waals surface area contributed by atoms with E-state index in [4.69, 9.17) is 0 Å². The Balaban J connectivity index is 1.96. The van der Waals surface area contributed by atoms with Crippen molar-refractivity contribution in [1.82, 2.24) is 15.3 Å². The molecule has 0 bridgehead atoms. The first-order valence-electron chi connectivity index (χ1n) is 5.57. The lowest BCUT2D eigenvalue weighted by Gasteiger charge is -2.21. The van der Waals surface area contributed by atoms with Gasteiger partial charge in [-0.05, 0) is 31.5 Å². The molecule has 3 heteroatoms. The molecular weight excluding hydrogens is 186 g/mol. The Bertz CT molecular complexity index is 422. The van der Waals surface area contributed by atoms with Crippen molar-refractivity contribution in [2.75, 3.05) is 13.1 Å². The average molecular weight is 201 g/mol.